The van der Waals surface area contributed by atoms with E-state index in [1.165, 1.54) is 12.0 Å². The number of amides is 1. The van der Waals surface area contributed by atoms with Gasteiger partial charge in [-0.15, -0.1) is 0 Å². The second kappa shape index (κ2) is 4.48. The van der Waals surface area contributed by atoms with E-state index in [2.05, 4.69) is 18.0 Å². The Morgan fingerprint density at radius 2 is 2.00 bits per heavy atom. The van der Waals surface area contributed by atoms with Crippen LogP contribution in [0.1, 0.15) is 35.3 Å². The number of benzene rings is 1. The van der Waals surface area contributed by atoms with E-state index in [0.717, 1.165) is 42.5 Å². The standard InChI is InChI=1S/C15H18N2O/c1-11-6-5-7-12-10-13(16-14(11)12)15(18)17-8-3-2-4-9-17/h5-7,10,16H,2-4,8-9H2,1H3. The normalized spacial score (nSPS) is 16.2. The zero-order valence-corrected chi connectivity index (χ0v) is 10.7. The number of carbonyl (C=O) groups is 1. The Hall–Kier alpha value is -1.77. The van der Waals surface area contributed by atoms with E-state index in [1.54, 1.807) is 0 Å². The van der Waals surface area contributed by atoms with Gasteiger partial charge < -0.3 is 9.88 Å². The Kier molecular flexibility index (Phi) is 2.82. The molecule has 1 N–H and O–H groups in total. The highest BCUT2D eigenvalue weighted by molar-refractivity contribution is 5.98. The van der Waals surface area contributed by atoms with Crippen LogP contribution in [0.25, 0.3) is 10.9 Å². The first-order valence-electron chi connectivity index (χ1n) is 6.63. The molecule has 2 heterocycles. The van der Waals surface area contributed by atoms with Crippen LogP contribution >= 0.6 is 0 Å². The Balaban J connectivity index is 1.94. The van der Waals surface area contributed by atoms with E-state index in [-0.39, 0.29) is 5.91 Å². The number of fused-ring (bicyclic) bond motifs is 1. The van der Waals surface area contributed by atoms with Crippen LogP contribution in [-0.2, 0) is 0 Å². The fraction of sp³-hybridized carbons (Fsp3) is 0.400. The molecule has 0 spiro atoms. The maximum absolute atomic E-state index is 12.4. The van der Waals surface area contributed by atoms with Crippen LogP contribution in [0.4, 0.5) is 0 Å². The second-order valence-electron chi connectivity index (χ2n) is 5.08. The molecule has 1 fully saturated rings. The van der Waals surface area contributed by atoms with Crippen LogP contribution in [0.2, 0.25) is 0 Å². The van der Waals surface area contributed by atoms with Crippen LogP contribution in [0, 0.1) is 6.92 Å². The molecule has 3 nitrogen and oxygen atoms in total. The van der Waals surface area contributed by atoms with Gasteiger partial charge in [0.25, 0.3) is 5.91 Å². The van der Waals surface area contributed by atoms with Gasteiger partial charge in [-0.1, -0.05) is 18.2 Å². The molecule has 3 heteroatoms. The van der Waals surface area contributed by atoms with Gasteiger partial charge in [-0.05, 0) is 37.8 Å². The molecule has 0 bridgehead atoms. The van der Waals surface area contributed by atoms with Crippen molar-refractivity contribution < 1.29 is 4.79 Å². The first-order chi connectivity index (χ1) is 8.75. The largest absolute Gasteiger partial charge is 0.350 e. The molecule has 1 saturated heterocycles. The molecule has 0 saturated carbocycles. The zero-order valence-electron chi connectivity index (χ0n) is 10.7. The topological polar surface area (TPSA) is 36.1 Å². The number of piperidine rings is 1. The molecule has 1 aliphatic heterocycles. The fourth-order valence-electron chi connectivity index (χ4n) is 2.69. The summed E-state index contributed by atoms with van der Waals surface area (Å²) in [5.41, 5.74) is 2.99. The van der Waals surface area contributed by atoms with Crippen LogP contribution in [-0.4, -0.2) is 28.9 Å². The number of carbonyl (C=O) groups excluding carboxylic acids is 1. The Bertz CT molecular complexity index is 579. The molecule has 3 rings (SSSR count). The number of aromatic nitrogens is 1. The van der Waals surface area contributed by atoms with Crippen molar-refractivity contribution >= 4 is 16.8 Å². The number of aryl methyl sites for hydroxylation is 1. The third-order valence-corrected chi connectivity index (χ3v) is 3.74. The summed E-state index contributed by atoms with van der Waals surface area (Å²) in [6.45, 7) is 3.86. The molecule has 1 aliphatic rings. The number of aromatic amines is 1. The lowest BCUT2D eigenvalue weighted by Crippen LogP contribution is -2.35. The Morgan fingerprint density at radius 1 is 1.22 bits per heavy atom. The van der Waals surface area contributed by atoms with Gasteiger partial charge in [0.1, 0.15) is 5.69 Å². The molecular weight excluding hydrogens is 224 g/mol. The lowest BCUT2D eigenvalue weighted by Gasteiger charge is -2.26. The van der Waals surface area contributed by atoms with Crippen LogP contribution in [0.15, 0.2) is 24.3 Å². The van der Waals surface area contributed by atoms with E-state index in [9.17, 15) is 4.79 Å². The van der Waals surface area contributed by atoms with Gasteiger partial charge in [0.05, 0.1) is 0 Å². The Morgan fingerprint density at radius 3 is 2.72 bits per heavy atom. The summed E-state index contributed by atoms with van der Waals surface area (Å²) in [5, 5.41) is 1.12. The van der Waals surface area contributed by atoms with E-state index < -0.39 is 0 Å². The number of likely N-dealkylation sites (tertiary alicyclic amines) is 1. The van der Waals surface area contributed by atoms with Gasteiger partial charge in [0, 0.05) is 24.0 Å². The molecule has 0 radical (unpaired) electrons. The summed E-state index contributed by atoms with van der Waals surface area (Å²) in [6, 6.07) is 8.11. The number of para-hydroxylation sites is 1. The highest BCUT2D eigenvalue weighted by Crippen LogP contribution is 2.20. The molecule has 1 aromatic carbocycles. The van der Waals surface area contributed by atoms with Crippen LogP contribution < -0.4 is 0 Å². The summed E-state index contributed by atoms with van der Waals surface area (Å²) in [6.07, 6.45) is 3.51. The molecular formula is C15H18N2O. The van der Waals surface area contributed by atoms with Gasteiger partial charge in [-0.3, -0.25) is 4.79 Å². The molecule has 94 valence electrons. The summed E-state index contributed by atoms with van der Waals surface area (Å²) < 4.78 is 0. The number of rotatable bonds is 1. The van der Waals surface area contributed by atoms with Gasteiger partial charge in [-0.25, -0.2) is 0 Å². The minimum absolute atomic E-state index is 0.144. The predicted octanol–water partition coefficient (Wildman–Crippen LogP) is 3.10. The number of hydrogen-bond acceptors (Lipinski definition) is 1. The summed E-state index contributed by atoms with van der Waals surface area (Å²) in [7, 11) is 0. The fourth-order valence-corrected chi connectivity index (χ4v) is 2.69. The van der Waals surface area contributed by atoms with E-state index in [0.29, 0.717) is 0 Å². The first-order valence-corrected chi connectivity index (χ1v) is 6.63. The number of H-pyrrole nitrogens is 1. The van der Waals surface area contributed by atoms with Gasteiger partial charge in [0.2, 0.25) is 0 Å². The number of nitrogens with zero attached hydrogens (tertiary/aromatic N) is 1. The van der Waals surface area contributed by atoms with Crippen molar-refractivity contribution in [3.8, 4) is 0 Å². The number of nitrogens with one attached hydrogen (secondary N) is 1. The molecule has 2 aromatic rings. The predicted molar refractivity (Wildman–Crippen MR) is 72.8 cm³/mol. The monoisotopic (exact) mass is 242 g/mol. The minimum Gasteiger partial charge on any atom is -0.350 e. The van der Waals surface area contributed by atoms with Crippen molar-refractivity contribution in [3.05, 3.63) is 35.5 Å². The third kappa shape index (κ3) is 1.90. The first kappa shape index (κ1) is 11.3. The van der Waals surface area contributed by atoms with E-state index in [1.807, 2.05) is 23.1 Å². The quantitative estimate of drug-likeness (QED) is 0.819. The van der Waals surface area contributed by atoms with Crippen LogP contribution in [0.3, 0.4) is 0 Å². The average Bonchev–Trinajstić information content (AvgIpc) is 2.84. The van der Waals surface area contributed by atoms with E-state index in [4.69, 9.17) is 0 Å². The smallest absolute Gasteiger partial charge is 0.270 e. The Labute approximate surface area is 107 Å². The highest BCUT2D eigenvalue weighted by Gasteiger charge is 2.19. The van der Waals surface area contributed by atoms with Gasteiger partial charge in [-0.2, -0.15) is 0 Å². The summed E-state index contributed by atoms with van der Waals surface area (Å²) in [5.74, 6) is 0.144. The minimum atomic E-state index is 0.144. The third-order valence-electron chi connectivity index (χ3n) is 3.74. The molecule has 18 heavy (non-hydrogen) atoms. The molecule has 0 atom stereocenters. The van der Waals surface area contributed by atoms with Gasteiger partial charge >= 0.3 is 0 Å². The lowest BCUT2D eigenvalue weighted by molar-refractivity contribution is 0.0719. The van der Waals surface area contributed by atoms with Crippen molar-refractivity contribution in [1.82, 2.24) is 9.88 Å². The average molecular weight is 242 g/mol. The van der Waals surface area contributed by atoms with Crippen molar-refractivity contribution in [3.63, 3.8) is 0 Å². The van der Waals surface area contributed by atoms with Crippen molar-refractivity contribution in [2.24, 2.45) is 0 Å². The molecule has 0 aliphatic carbocycles. The van der Waals surface area contributed by atoms with Crippen molar-refractivity contribution in [2.45, 2.75) is 26.2 Å². The van der Waals surface area contributed by atoms with E-state index >= 15 is 0 Å². The SMILES string of the molecule is Cc1cccc2cc(C(=O)N3CCCCC3)[nH]c12. The zero-order chi connectivity index (χ0) is 12.5. The van der Waals surface area contributed by atoms with Crippen molar-refractivity contribution in [1.29, 1.82) is 0 Å². The van der Waals surface area contributed by atoms with Crippen LogP contribution in [0.5, 0.6) is 0 Å². The maximum Gasteiger partial charge on any atom is 0.270 e. The molecule has 1 amide bonds. The lowest BCUT2D eigenvalue weighted by atomic mass is 10.1. The maximum atomic E-state index is 12.4. The molecule has 0 unspecified atom stereocenters. The highest BCUT2D eigenvalue weighted by atomic mass is 16.2. The molecule has 1 aromatic heterocycles. The number of hydrogen-bond donors (Lipinski definition) is 1. The summed E-state index contributed by atoms with van der Waals surface area (Å²) in [4.78, 5) is 17.6. The summed E-state index contributed by atoms with van der Waals surface area (Å²) >= 11 is 0. The van der Waals surface area contributed by atoms with Gasteiger partial charge in [0.15, 0.2) is 0 Å². The van der Waals surface area contributed by atoms with Crippen molar-refractivity contribution in [2.75, 3.05) is 13.1 Å². The second-order valence-corrected chi connectivity index (χ2v) is 5.08.